The van der Waals surface area contributed by atoms with Crippen LogP contribution in [0.3, 0.4) is 0 Å². The summed E-state index contributed by atoms with van der Waals surface area (Å²) in [6.45, 7) is 2.44. The van der Waals surface area contributed by atoms with Crippen LogP contribution in [0.2, 0.25) is 0 Å². The largest absolute Gasteiger partial charge is 0.491 e. The van der Waals surface area contributed by atoms with Crippen molar-refractivity contribution in [1.82, 2.24) is 5.32 Å². The first-order chi connectivity index (χ1) is 9.86. The fourth-order valence-electron chi connectivity index (χ4n) is 2.71. The molecule has 1 atom stereocenters. The summed E-state index contributed by atoms with van der Waals surface area (Å²) in [5.41, 5.74) is 2.74. The second-order valence-electron chi connectivity index (χ2n) is 5.01. The van der Waals surface area contributed by atoms with Crippen molar-refractivity contribution < 1.29 is 14.2 Å². The van der Waals surface area contributed by atoms with Gasteiger partial charge >= 0.3 is 0 Å². The first kappa shape index (κ1) is 15.3. The van der Waals surface area contributed by atoms with E-state index in [9.17, 15) is 0 Å². The van der Waals surface area contributed by atoms with E-state index in [2.05, 4.69) is 23.5 Å². The summed E-state index contributed by atoms with van der Waals surface area (Å²) in [6.07, 6.45) is 3.52. The van der Waals surface area contributed by atoms with E-state index in [1.165, 1.54) is 24.0 Å². The van der Waals surface area contributed by atoms with Crippen LogP contribution in [0.5, 0.6) is 5.75 Å². The van der Waals surface area contributed by atoms with Crippen molar-refractivity contribution in [2.24, 2.45) is 0 Å². The number of methoxy groups -OCH3 is 1. The number of ether oxygens (including phenoxy) is 3. The van der Waals surface area contributed by atoms with Gasteiger partial charge in [-0.2, -0.15) is 0 Å². The number of fused-ring (bicyclic) bond motifs is 1. The highest BCUT2D eigenvalue weighted by Gasteiger charge is 2.21. The topological polar surface area (TPSA) is 39.7 Å². The molecule has 0 fully saturated rings. The lowest BCUT2D eigenvalue weighted by atomic mass is 9.87. The van der Waals surface area contributed by atoms with Crippen molar-refractivity contribution >= 4 is 0 Å². The molecule has 1 aliphatic carbocycles. The monoisotopic (exact) mass is 279 g/mol. The minimum atomic E-state index is 0.459. The summed E-state index contributed by atoms with van der Waals surface area (Å²) in [7, 11) is 3.70. The van der Waals surface area contributed by atoms with E-state index in [0.29, 0.717) is 32.5 Å². The zero-order valence-corrected chi connectivity index (χ0v) is 12.5. The van der Waals surface area contributed by atoms with E-state index in [1.807, 2.05) is 7.05 Å². The van der Waals surface area contributed by atoms with Crippen LogP contribution in [0.15, 0.2) is 18.2 Å². The highest BCUT2D eigenvalue weighted by atomic mass is 16.5. The van der Waals surface area contributed by atoms with Crippen molar-refractivity contribution in [3.05, 3.63) is 29.3 Å². The summed E-state index contributed by atoms with van der Waals surface area (Å²) in [5, 5.41) is 3.38. The quantitative estimate of drug-likeness (QED) is 0.741. The number of hydrogen-bond acceptors (Lipinski definition) is 4. The van der Waals surface area contributed by atoms with Gasteiger partial charge in [-0.25, -0.2) is 0 Å². The van der Waals surface area contributed by atoms with Crippen LogP contribution in [0.4, 0.5) is 0 Å². The van der Waals surface area contributed by atoms with Crippen LogP contribution in [0, 0.1) is 0 Å². The normalized spacial score (nSPS) is 17.8. The SMILES string of the molecule is CNC1CCCc2c(OCCOCCOC)cccc21. The van der Waals surface area contributed by atoms with E-state index in [0.717, 1.165) is 12.2 Å². The molecule has 0 heterocycles. The molecular formula is C16H25NO3. The van der Waals surface area contributed by atoms with Crippen molar-refractivity contribution in [3.8, 4) is 5.75 Å². The van der Waals surface area contributed by atoms with Crippen LogP contribution in [-0.4, -0.2) is 40.6 Å². The Hall–Kier alpha value is -1.10. The van der Waals surface area contributed by atoms with E-state index >= 15 is 0 Å². The summed E-state index contributed by atoms with van der Waals surface area (Å²) in [6, 6.07) is 6.81. The van der Waals surface area contributed by atoms with E-state index < -0.39 is 0 Å². The number of benzene rings is 1. The van der Waals surface area contributed by atoms with Gasteiger partial charge in [-0.1, -0.05) is 12.1 Å². The molecule has 0 spiro atoms. The molecule has 0 saturated heterocycles. The molecule has 112 valence electrons. The molecule has 1 N–H and O–H groups in total. The fourth-order valence-corrected chi connectivity index (χ4v) is 2.71. The van der Waals surface area contributed by atoms with E-state index in [-0.39, 0.29) is 0 Å². The van der Waals surface area contributed by atoms with Crippen molar-refractivity contribution in [2.45, 2.75) is 25.3 Å². The van der Waals surface area contributed by atoms with Gasteiger partial charge in [0.1, 0.15) is 12.4 Å². The van der Waals surface area contributed by atoms with Gasteiger partial charge in [0.2, 0.25) is 0 Å². The van der Waals surface area contributed by atoms with Gasteiger partial charge in [0, 0.05) is 13.2 Å². The third kappa shape index (κ3) is 3.95. The highest BCUT2D eigenvalue weighted by Crippen LogP contribution is 2.34. The fraction of sp³-hybridized carbons (Fsp3) is 0.625. The second-order valence-corrected chi connectivity index (χ2v) is 5.01. The second kappa shape index (κ2) is 8.25. The zero-order valence-electron chi connectivity index (χ0n) is 12.5. The lowest BCUT2D eigenvalue weighted by molar-refractivity contribution is 0.0542. The number of hydrogen-bond donors (Lipinski definition) is 1. The smallest absolute Gasteiger partial charge is 0.122 e. The molecule has 2 rings (SSSR count). The van der Waals surface area contributed by atoms with Crippen LogP contribution < -0.4 is 10.1 Å². The van der Waals surface area contributed by atoms with Gasteiger partial charge in [-0.3, -0.25) is 0 Å². The molecule has 4 heteroatoms. The molecule has 0 amide bonds. The van der Waals surface area contributed by atoms with Crippen LogP contribution in [0.1, 0.15) is 30.0 Å². The molecule has 1 unspecified atom stereocenters. The van der Waals surface area contributed by atoms with Gasteiger partial charge < -0.3 is 19.5 Å². The average Bonchev–Trinajstić information content (AvgIpc) is 2.50. The standard InChI is InChI=1S/C16H25NO3/c1-17-15-7-3-6-14-13(15)5-4-8-16(14)20-12-11-19-10-9-18-2/h4-5,8,15,17H,3,6-7,9-12H2,1-2H3. The molecule has 0 aromatic heterocycles. The molecule has 0 aliphatic heterocycles. The third-order valence-electron chi connectivity index (χ3n) is 3.73. The molecule has 1 aromatic carbocycles. The van der Waals surface area contributed by atoms with Crippen LogP contribution >= 0.6 is 0 Å². The van der Waals surface area contributed by atoms with Gasteiger partial charge in [0.05, 0.1) is 19.8 Å². The van der Waals surface area contributed by atoms with Crippen LogP contribution in [0.25, 0.3) is 0 Å². The Bertz CT molecular complexity index is 409. The van der Waals surface area contributed by atoms with Crippen LogP contribution in [-0.2, 0) is 15.9 Å². The Morgan fingerprint density at radius 1 is 1.20 bits per heavy atom. The number of nitrogens with one attached hydrogen (secondary N) is 1. The van der Waals surface area contributed by atoms with Crippen molar-refractivity contribution in [1.29, 1.82) is 0 Å². The maximum absolute atomic E-state index is 5.88. The zero-order chi connectivity index (χ0) is 14.2. The Morgan fingerprint density at radius 2 is 2.05 bits per heavy atom. The maximum Gasteiger partial charge on any atom is 0.122 e. The lowest BCUT2D eigenvalue weighted by Gasteiger charge is -2.26. The minimum absolute atomic E-state index is 0.459. The molecule has 1 aliphatic rings. The van der Waals surface area contributed by atoms with Gasteiger partial charge in [-0.15, -0.1) is 0 Å². The Kier molecular flexibility index (Phi) is 6.30. The summed E-state index contributed by atoms with van der Waals surface area (Å²) < 4.78 is 16.2. The molecule has 20 heavy (non-hydrogen) atoms. The summed E-state index contributed by atoms with van der Waals surface area (Å²) in [4.78, 5) is 0. The molecule has 1 aromatic rings. The highest BCUT2D eigenvalue weighted by molar-refractivity contribution is 5.43. The molecule has 4 nitrogen and oxygen atoms in total. The van der Waals surface area contributed by atoms with Gasteiger partial charge in [0.25, 0.3) is 0 Å². The first-order valence-corrected chi connectivity index (χ1v) is 7.35. The van der Waals surface area contributed by atoms with E-state index in [1.54, 1.807) is 7.11 Å². The Balaban J connectivity index is 1.89. The number of rotatable bonds is 8. The summed E-state index contributed by atoms with van der Waals surface area (Å²) >= 11 is 0. The van der Waals surface area contributed by atoms with Gasteiger partial charge in [-0.05, 0) is 43.5 Å². The first-order valence-electron chi connectivity index (χ1n) is 7.35. The lowest BCUT2D eigenvalue weighted by Crippen LogP contribution is -2.22. The van der Waals surface area contributed by atoms with E-state index in [4.69, 9.17) is 14.2 Å². The Morgan fingerprint density at radius 3 is 2.85 bits per heavy atom. The average molecular weight is 279 g/mol. The molecule has 0 saturated carbocycles. The molecular weight excluding hydrogens is 254 g/mol. The molecule has 0 radical (unpaired) electrons. The predicted molar refractivity (Wildman–Crippen MR) is 79.4 cm³/mol. The third-order valence-corrected chi connectivity index (χ3v) is 3.73. The predicted octanol–water partition coefficient (Wildman–Crippen LogP) is 2.33. The Labute approximate surface area is 121 Å². The summed E-state index contributed by atoms with van der Waals surface area (Å²) in [5.74, 6) is 1.01. The minimum Gasteiger partial charge on any atom is -0.491 e. The van der Waals surface area contributed by atoms with Crippen molar-refractivity contribution in [3.63, 3.8) is 0 Å². The van der Waals surface area contributed by atoms with Crippen molar-refractivity contribution in [2.75, 3.05) is 40.6 Å². The maximum atomic E-state index is 5.88. The van der Waals surface area contributed by atoms with Gasteiger partial charge in [0.15, 0.2) is 0 Å². The molecule has 0 bridgehead atoms.